The maximum Gasteiger partial charge on any atom is 2.00 e. The number of aliphatic carboxylic acids is 2. The number of ether oxygens (including phenoxy) is 2. The van der Waals surface area contributed by atoms with Gasteiger partial charge >= 0.3 is 31.4 Å². The summed E-state index contributed by atoms with van der Waals surface area (Å²) in [7, 11) is 0. The van der Waals surface area contributed by atoms with Crippen molar-refractivity contribution in [3.05, 3.63) is 0 Å². The zero-order valence-corrected chi connectivity index (χ0v) is 13.8. The van der Waals surface area contributed by atoms with Crippen LogP contribution in [0.5, 0.6) is 0 Å². The van der Waals surface area contributed by atoms with Crippen molar-refractivity contribution in [3.63, 3.8) is 0 Å². The molecule has 0 bridgehead atoms. The summed E-state index contributed by atoms with van der Waals surface area (Å²) in [5, 5.41) is 19.3. The average molecular weight is 328 g/mol. The van der Waals surface area contributed by atoms with Crippen LogP contribution in [0.4, 0.5) is 0 Å². The Labute approximate surface area is 122 Å². The molecule has 0 N–H and O–H groups in total. The Morgan fingerprint density at radius 1 is 0.789 bits per heavy atom. The summed E-state index contributed by atoms with van der Waals surface area (Å²) in [5.41, 5.74) is 0. The zero-order valence-electron chi connectivity index (χ0n) is 10.8. The summed E-state index contributed by atoms with van der Waals surface area (Å²) < 4.78 is 8.59. The van der Waals surface area contributed by atoms with E-state index in [1.807, 2.05) is 0 Å². The first kappa shape index (κ1) is 22.7. The fraction of sp³-hybridized carbons (Fsp3) is 0.600. The van der Waals surface area contributed by atoms with Gasteiger partial charge in [-0.15, -0.1) is 0 Å². The molecule has 0 aliphatic heterocycles. The van der Waals surface area contributed by atoms with Crippen LogP contribution in [0, 0.1) is 0 Å². The number of hydrogen-bond donors (Lipinski definition) is 0. The molecule has 0 spiro atoms. The van der Waals surface area contributed by atoms with Gasteiger partial charge in [0.2, 0.25) is 0 Å². The van der Waals surface area contributed by atoms with Gasteiger partial charge in [-0.25, -0.2) is 0 Å². The van der Waals surface area contributed by atoms with E-state index >= 15 is 0 Å². The quantitative estimate of drug-likeness (QED) is 0.294. The molecule has 0 fully saturated rings. The van der Waals surface area contributed by atoms with Crippen LogP contribution in [-0.2, 0) is 48.1 Å². The van der Waals surface area contributed by atoms with Crippen LogP contribution in [0.2, 0.25) is 0 Å². The fourth-order valence-corrected chi connectivity index (χ4v) is 0.660. The molecule has 104 valence electrons. The molecule has 19 heavy (non-hydrogen) atoms. The van der Waals surface area contributed by atoms with Gasteiger partial charge in [-0.2, -0.15) is 0 Å². The first-order valence-electron chi connectivity index (χ1n) is 5.04. The first-order chi connectivity index (χ1) is 8.33. The summed E-state index contributed by atoms with van der Waals surface area (Å²) in [6.45, 7) is 3.61. The van der Waals surface area contributed by atoms with Crippen LogP contribution >= 0.6 is 0 Å². The van der Waals surface area contributed by atoms with Crippen LogP contribution in [-0.4, -0.2) is 37.1 Å². The molecule has 0 aromatic heterocycles. The van der Waals surface area contributed by atoms with Crippen LogP contribution in [0.1, 0.15) is 26.7 Å². The van der Waals surface area contributed by atoms with Crippen molar-refractivity contribution < 1.29 is 58.3 Å². The molecule has 0 atom stereocenters. The molecule has 0 heterocycles. The molecule has 0 aromatic carbocycles. The predicted octanol–water partition coefficient (Wildman–Crippen LogP) is -2.62. The van der Waals surface area contributed by atoms with Gasteiger partial charge in [-0.3, -0.25) is 9.59 Å². The Morgan fingerprint density at radius 2 is 1.05 bits per heavy atom. The molecule has 0 radical (unpaired) electrons. The second-order valence-electron chi connectivity index (χ2n) is 2.71. The Kier molecular flexibility index (Phi) is 17.4. The number of rotatable bonds is 6. The van der Waals surface area contributed by atoms with Crippen LogP contribution in [0.25, 0.3) is 0 Å². The summed E-state index contributed by atoms with van der Waals surface area (Å²) in [6.07, 6.45) is -1.32. The van der Waals surface area contributed by atoms with Gasteiger partial charge in [0.25, 0.3) is 0 Å². The van der Waals surface area contributed by atoms with E-state index in [1.165, 1.54) is 0 Å². The normalized spacial score (nSPS) is 8.11. The van der Waals surface area contributed by atoms with Crippen molar-refractivity contribution in [1.29, 1.82) is 0 Å². The molecule has 8 nitrogen and oxygen atoms in total. The van der Waals surface area contributed by atoms with E-state index in [1.54, 1.807) is 13.8 Å². The summed E-state index contributed by atoms with van der Waals surface area (Å²) >= 11 is 0. The maximum atomic E-state index is 10.2. The molecule has 0 aliphatic carbocycles. The predicted molar refractivity (Wildman–Crippen MR) is 52.5 cm³/mol. The van der Waals surface area contributed by atoms with Gasteiger partial charge < -0.3 is 29.3 Å². The number of esters is 2. The van der Waals surface area contributed by atoms with Gasteiger partial charge in [0.1, 0.15) is 0 Å². The van der Waals surface area contributed by atoms with Crippen LogP contribution in [0.3, 0.4) is 0 Å². The summed E-state index contributed by atoms with van der Waals surface area (Å²) in [6, 6.07) is 0. The van der Waals surface area contributed by atoms with E-state index in [0.29, 0.717) is 0 Å². The average Bonchev–Trinajstić information content (AvgIpc) is 2.16. The molecule has 0 saturated heterocycles. The molecular formula is C10H14O8Zn. The third-order valence-electron chi connectivity index (χ3n) is 1.19. The SMILES string of the molecule is CCOC(=O)CC(=O)[O-].CCOC(=O)CC(=O)[O-].[Zn+2]. The smallest absolute Gasteiger partial charge is 0.550 e. The van der Waals surface area contributed by atoms with Crippen molar-refractivity contribution in [3.8, 4) is 0 Å². The van der Waals surface area contributed by atoms with Gasteiger partial charge in [-0.05, 0) is 13.8 Å². The first-order valence-corrected chi connectivity index (χ1v) is 5.04. The second-order valence-corrected chi connectivity index (χ2v) is 2.71. The van der Waals surface area contributed by atoms with Crippen molar-refractivity contribution in [1.82, 2.24) is 0 Å². The van der Waals surface area contributed by atoms with Crippen molar-refractivity contribution >= 4 is 23.9 Å². The molecule has 0 amide bonds. The molecule has 0 aromatic rings. The minimum atomic E-state index is -1.41. The van der Waals surface area contributed by atoms with Crippen LogP contribution in [0.15, 0.2) is 0 Å². The van der Waals surface area contributed by atoms with Gasteiger partial charge in [0.15, 0.2) is 0 Å². The Morgan fingerprint density at radius 3 is 1.21 bits per heavy atom. The number of hydrogen-bond acceptors (Lipinski definition) is 8. The van der Waals surface area contributed by atoms with Gasteiger partial charge in [-0.1, -0.05) is 0 Å². The van der Waals surface area contributed by atoms with E-state index in [0.717, 1.165) is 0 Å². The number of carbonyl (C=O) groups excluding carboxylic acids is 4. The van der Waals surface area contributed by atoms with E-state index in [-0.39, 0.29) is 32.7 Å². The Balaban J connectivity index is -0.000000256. The van der Waals surface area contributed by atoms with E-state index in [4.69, 9.17) is 0 Å². The Hall–Kier alpha value is -1.50. The molecular weight excluding hydrogens is 313 g/mol. The number of carboxylic acid groups (broad SMARTS) is 2. The minimum Gasteiger partial charge on any atom is -0.550 e. The monoisotopic (exact) mass is 326 g/mol. The van der Waals surface area contributed by atoms with E-state index in [2.05, 4.69) is 9.47 Å². The Bertz CT molecular complexity index is 272. The standard InChI is InChI=1S/2C5H8O4.Zn/c2*1-2-9-5(8)3-4(6)7;/h2*2-3H2,1H3,(H,6,7);/q;;+2/p-2. The molecule has 0 saturated carbocycles. The minimum absolute atomic E-state index is 0. The summed E-state index contributed by atoms with van der Waals surface area (Å²) in [5.74, 6) is -4.32. The zero-order chi connectivity index (χ0) is 14.6. The maximum absolute atomic E-state index is 10.2. The molecule has 0 rings (SSSR count). The fourth-order valence-electron chi connectivity index (χ4n) is 0.660. The molecule has 0 unspecified atom stereocenters. The molecule has 9 heteroatoms. The van der Waals surface area contributed by atoms with Crippen molar-refractivity contribution in [2.45, 2.75) is 26.7 Å². The number of carbonyl (C=O) groups is 4. The van der Waals surface area contributed by atoms with Crippen molar-refractivity contribution in [2.24, 2.45) is 0 Å². The third-order valence-corrected chi connectivity index (χ3v) is 1.19. The van der Waals surface area contributed by atoms with Crippen LogP contribution < -0.4 is 10.2 Å². The second kappa shape index (κ2) is 14.6. The number of carboxylic acids is 2. The van der Waals surface area contributed by atoms with Crippen molar-refractivity contribution in [2.75, 3.05) is 13.2 Å². The van der Waals surface area contributed by atoms with Gasteiger partial charge in [0, 0.05) is 0 Å². The third kappa shape index (κ3) is 22.2. The molecule has 0 aliphatic rings. The topological polar surface area (TPSA) is 133 Å². The largest absolute Gasteiger partial charge is 2.00 e. The van der Waals surface area contributed by atoms with E-state index < -0.39 is 36.7 Å². The van der Waals surface area contributed by atoms with Gasteiger partial charge in [0.05, 0.1) is 38.0 Å². The van der Waals surface area contributed by atoms with E-state index in [9.17, 15) is 29.4 Å². The summed E-state index contributed by atoms with van der Waals surface area (Å²) in [4.78, 5) is 39.8.